The third-order valence-electron chi connectivity index (χ3n) is 7.90. The van der Waals surface area contributed by atoms with Crippen molar-refractivity contribution < 1.29 is 24.0 Å². The Hall–Kier alpha value is -2.38. The van der Waals surface area contributed by atoms with Gasteiger partial charge in [-0.25, -0.2) is 9.10 Å². The summed E-state index contributed by atoms with van der Waals surface area (Å²) < 4.78 is 1.93. The van der Waals surface area contributed by atoms with Gasteiger partial charge in [-0.15, -0.1) is 0 Å². The molecule has 0 spiro atoms. The molecule has 0 bridgehead atoms. The van der Waals surface area contributed by atoms with Gasteiger partial charge in [0.1, 0.15) is 12.1 Å². The molecule has 2 fully saturated rings. The van der Waals surface area contributed by atoms with Gasteiger partial charge < -0.3 is 31.9 Å². The topological polar surface area (TPSA) is 166 Å². The van der Waals surface area contributed by atoms with E-state index in [0.717, 1.165) is 12.5 Å². The molecule has 12 nitrogen and oxygen atoms in total. The van der Waals surface area contributed by atoms with Crippen molar-refractivity contribution in [1.82, 2.24) is 30.5 Å². The number of nitrogens with one attached hydrogen (secondary N) is 4. The quantitative estimate of drug-likeness (QED) is 0.0994. The fourth-order valence-electron chi connectivity index (χ4n) is 4.48. The van der Waals surface area contributed by atoms with Crippen LogP contribution in [0, 0.1) is 16.7 Å². The summed E-state index contributed by atoms with van der Waals surface area (Å²) in [6.45, 7) is 25.7. The summed E-state index contributed by atoms with van der Waals surface area (Å²) in [6, 6.07) is -3.24. The average molecular weight is 672 g/mol. The van der Waals surface area contributed by atoms with Gasteiger partial charge >= 0.3 is 6.03 Å². The number of hydrogen-bond acceptors (Lipinski definition) is 8. The Morgan fingerprint density at radius 1 is 0.913 bits per heavy atom. The van der Waals surface area contributed by atoms with Crippen molar-refractivity contribution in [2.75, 3.05) is 26.2 Å². The Balaban J connectivity index is 0.00000305. The van der Waals surface area contributed by atoms with Crippen LogP contribution in [0.3, 0.4) is 0 Å². The van der Waals surface area contributed by atoms with E-state index in [0.29, 0.717) is 38.5 Å². The fourth-order valence-corrected chi connectivity index (χ4v) is 4.58. The summed E-state index contributed by atoms with van der Waals surface area (Å²) in [5.41, 5.74) is 4.11. The van der Waals surface area contributed by atoms with Crippen LogP contribution in [0.2, 0.25) is 0 Å². The molecule has 0 aromatic heterocycles. The largest absolute Gasteiger partial charge is 0.363 e. The van der Waals surface area contributed by atoms with E-state index in [4.69, 9.17) is 5.73 Å². The number of nitrogens with two attached hydrogens (primary N) is 1. The van der Waals surface area contributed by atoms with Crippen molar-refractivity contribution in [3.05, 3.63) is 0 Å². The van der Waals surface area contributed by atoms with Crippen molar-refractivity contribution >= 4 is 42.4 Å². The van der Waals surface area contributed by atoms with E-state index >= 15 is 0 Å². The van der Waals surface area contributed by atoms with E-state index < -0.39 is 47.2 Å². The standard InChI is InChI=1S/C27H51N7O5S.C4H8.C2H6/c1-16(2)34(40)14-12-29-15-19(26(4,5)6)31-25(39)32-21(27(7,8)9)24(38)33-13-10-11-18(33)23(37)30-17(3)20(35)22(28)36;1-4-2-3-4;1-2/h16-19,21,29,40H,10-15H2,1-9H3,(H2,28,36)(H,30,37)(H2,31,32,39);4H,2-3H2,1H3;1-2H3. The molecule has 4 atom stereocenters. The first kappa shape index (κ1) is 43.6. The highest BCUT2D eigenvalue weighted by molar-refractivity contribution is 7.77. The lowest BCUT2D eigenvalue weighted by Crippen LogP contribution is -2.61. The minimum Gasteiger partial charge on any atom is -0.363 e. The van der Waals surface area contributed by atoms with Crippen LogP contribution >= 0.6 is 12.8 Å². The van der Waals surface area contributed by atoms with Gasteiger partial charge in [0.25, 0.3) is 5.91 Å². The number of rotatable bonds is 13. The maximum absolute atomic E-state index is 13.7. The molecule has 1 heterocycles. The minimum absolute atomic E-state index is 0.231. The van der Waals surface area contributed by atoms with Crippen molar-refractivity contribution in [2.24, 2.45) is 22.5 Å². The van der Waals surface area contributed by atoms with Crippen LogP contribution in [0.1, 0.15) is 109 Å². The van der Waals surface area contributed by atoms with Gasteiger partial charge in [-0.1, -0.05) is 88.0 Å². The average Bonchev–Trinajstić information content (AvgIpc) is 3.57. The minimum atomic E-state index is -1.14. The van der Waals surface area contributed by atoms with Crippen LogP contribution < -0.4 is 27.0 Å². The maximum Gasteiger partial charge on any atom is 0.315 e. The molecule has 0 aromatic carbocycles. The summed E-state index contributed by atoms with van der Waals surface area (Å²) in [5, 5.41) is 11.7. The number of amides is 5. The highest BCUT2D eigenvalue weighted by atomic mass is 32.1. The van der Waals surface area contributed by atoms with Gasteiger partial charge in [0.2, 0.25) is 17.6 Å². The lowest BCUT2D eigenvalue weighted by molar-refractivity contribution is -0.143. The Morgan fingerprint density at radius 3 is 1.89 bits per heavy atom. The van der Waals surface area contributed by atoms with Gasteiger partial charge in [-0.2, -0.15) is 0 Å². The van der Waals surface area contributed by atoms with Crippen molar-refractivity contribution in [1.29, 1.82) is 0 Å². The zero-order valence-electron chi connectivity index (χ0n) is 30.6. The molecule has 5 amide bonds. The van der Waals surface area contributed by atoms with Crippen LogP contribution in [0.25, 0.3) is 0 Å². The van der Waals surface area contributed by atoms with Gasteiger partial charge in [-0.05, 0) is 50.4 Å². The summed E-state index contributed by atoms with van der Waals surface area (Å²) in [7, 11) is 0. The number of carbonyl (C=O) groups excluding carboxylic acids is 5. The molecule has 6 N–H and O–H groups in total. The maximum atomic E-state index is 13.7. The first-order valence-corrected chi connectivity index (χ1v) is 17.2. The molecule has 4 unspecified atom stereocenters. The molecule has 0 radical (unpaired) electrons. The van der Waals surface area contributed by atoms with E-state index in [9.17, 15) is 24.0 Å². The molecule has 1 saturated heterocycles. The van der Waals surface area contributed by atoms with Crippen molar-refractivity contribution in [3.63, 3.8) is 0 Å². The highest BCUT2D eigenvalue weighted by Gasteiger charge is 2.42. The second-order valence-electron chi connectivity index (χ2n) is 14.6. The Kier molecular flexibility index (Phi) is 19.1. The molecule has 13 heteroatoms. The number of hydrogen-bond donors (Lipinski definition) is 6. The van der Waals surface area contributed by atoms with Crippen LogP contribution in [0.5, 0.6) is 0 Å². The zero-order valence-corrected chi connectivity index (χ0v) is 31.5. The first-order chi connectivity index (χ1) is 21.2. The van der Waals surface area contributed by atoms with Gasteiger partial charge in [-0.3, -0.25) is 19.2 Å². The number of nitrogens with zero attached hydrogens (tertiary/aromatic N) is 2. The molecule has 2 aliphatic rings. The Morgan fingerprint density at radius 2 is 1.46 bits per heavy atom. The molecule has 1 saturated carbocycles. The van der Waals surface area contributed by atoms with E-state index in [-0.39, 0.29) is 17.4 Å². The van der Waals surface area contributed by atoms with E-state index in [1.807, 2.05) is 59.7 Å². The number of primary amides is 1. The second kappa shape index (κ2) is 20.1. The number of urea groups is 1. The third kappa shape index (κ3) is 15.9. The molecule has 1 aliphatic carbocycles. The molecular formula is C33H65N7O5S. The molecule has 268 valence electrons. The molecule has 2 rings (SSSR count). The van der Waals surface area contributed by atoms with E-state index in [2.05, 4.69) is 54.9 Å². The number of carbonyl (C=O) groups is 5. The predicted molar refractivity (Wildman–Crippen MR) is 188 cm³/mol. The van der Waals surface area contributed by atoms with Crippen LogP contribution in [-0.4, -0.2) is 95.1 Å². The lowest BCUT2D eigenvalue weighted by Gasteiger charge is -2.37. The van der Waals surface area contributed by atoms with Crippen LogP contribution in [0.15, 0.2) is 0 Å². The Bertz CT molecular complexity index is 992. The van der Waals surface area contributed by atoms with Crippen molar-refractivity contribution in [3.8, 4) is 0 Å². The normalized spacial score (nSPS) is 18.3. The fraction of sp³-hybridized carbons (Fsp3) is 0.848. The van der Waals surface area contributed by atoms with Crippen LogP contribution in [-0.2, 0) is 19.2 Å². The SMILES string of the molecule is CC.CC(NC(=O)C1CCCN1C(=O)C(NC(=O)NC(CNCCN(S)C(C)C)C(C)(C)C)C(C)(C)C)C(=O)C(N)=O.CC1CC1. The van der Waals surface area contributed by atoms with Crippen LogP contribution in [0.4, 0.5) is 4.79 Å². The van der Waals surface area contributed by atoms with E-state index in [1.54, 1.807) is 0 Å². The second-order valence-corrected chi connectivity index (χ2v) is 15.1. The number of Topliss-reactive ketones (excluding diaryl/α,β-unsaturated/α-hetero) is 1. The molecule has 46 heavy (non-hydrogen) atoms. The lowest BCUT2D eigenvalue weighted by atomic mass is 9.85. The zero-order chi connectivity index (χ0) is 36.0. The van der Waals surface area contributed by atoms with Crippen molar-refractivity contribution in [2.45, 2.75) is 139 Å². The number of thiol groups is 1. The highest BCUT2D eigenvalue weighted by Crippen LogP contribution is 2.27. The molecule has 0 aromatic rings. The van der Waals surface area contributed by atoms with Gasteiger partial charge in [0.05, 0.1) is 6.04 Å². The molecule has 1 aliphatic heterocycles. The predicted octanol–water partition coefficient (Wildman–Crippen LogP) is 3.25. The first-order valence-electron chi connectivity index (χ1n) is 16.8. The summed E-state index contributed by atoms with van der Waals surface area (Å²) >= 11 is 4.45. The number of ketones is 1. The molecular weight excluding hydrogens is 606 g/mol. The van der Waals surface area contributed by atoms with Gasteiger partial charge in [0.15, 0.2) is 0 Å². The number of likely N-dealkylation sites (tertiary alicyclic amines) is 1. The Labute approximate surface area is 284 Å². The summed E-state index contributed by atoms with van der Waals surface area (Å²) in [4.78, 5) is 64.3. The monoisotopic (exact) mass is 671 g/mol. The van der Waals surface area contributed by atoms with Gasteiger partial charge in [0, 0.05) is 38.3 Å². The third-order valence-corrected chi connectivity index (χ3v) is 8.56. The van der Waals surface area contributed by atoms with E-state index in [1.165, 1.54) is 24.7 Å². The summed E-state index contributed by atoms with van der Waals surface area (Å²) in [6.07, 6.45) is 3.96. The smallest absolute Gasteiger partial charge is 0.315 e. The summed E-state index contributed by atoms with van der Waals surface area (Å²) in [5.74, 6) is -1.90.